The molecule has 3 heterocycles. The van der Waals surface area contributed by atoms with E-state index in [-0.39, 0.29) is 44.6 Å². The van der Waals surface area contributed by atoms with Crippen molar-refractivity contribution in [1.29, 1.82) is 0 Å². The van der Waals surface area contributed by atoms with E-state index in [0.717, 1.165) is 17.2 Å². The number of rotatable bonds is 3. The quantitative estimate of drug-likeness (QED) is 0.165. The fraction of sp³-hybridized carbons (Fsp3) is 0.536. The van der Waals surface area contributed by atoms with Gasteiger partial charge in [-0.15, -0.1) is 0 Å². The Morgan fingerprint density at radius 1 is 0.521 bits per heavy atom. The molecule has 0 radical (unpaired) electrons. The molecule has 4 heteroatoms. The summed E-state index contributed by atoms with van der Waals surface area (Å²) < 4.78 is 7.80. The molecule has 2 unspecified atom stereocenters. The van der Waals surface area contributed by atoms with E-state index in [1.54, 1.807) is 5.56 Å². The van der Waals surface area contributed by atoms with Crippen LogP contribution in [-0.2, 0) is 37.9 Å². The molecule has 6 aliphatic rings. The minimum absolute atomic E-state index is 0.0378. The molecule has 0 spiro atoms. The molecule has 5 aromatic carbocycles. The average molecular weight is 971 g/mol. The lowest BCUT2D eigenvalue weighted by molar-refractivity contribution is 0.0781. The Morgan fingerprint density at radius 3 is 1.60 bits per heavy atom. The van der Waals surface area contributed by atoms with Crippen molar-refractivity contribution in [2.24, 2.45) is 17.8 Å². The van der Waals surface area contributed by atoms with Crippen molar-refractivity contribution < 1.29 is 4.42 Å². The van der Waals surface area contributed by atoms with Gasteiger partial charge in [-0.05, 0) is 231 Å². The van der Waals surface area contributed by atoms with Crippen molar-refractivity contribution >= 4 is 68.4 Å². The highest BCUT2D eigenvalue weighted by Gasteiger charge is 2.52. The van der Waals surface area contributed by atoms with Gasteiger partial charge in [0.1, 0.15) is 5.58 Å². The summed E-state index contributed by atoms with van der Waals surface area (Å²) in [5.74, 6) is 2.15. The number of furan rings is 1. The summed E-state index contributed by atoms with van der Waals surface area (Å²) in [6, 6.07) is 30.8. The van der Waals surface area contributed by atoms with Gasteiger partial charge >= 0.3 is 0 Å². The minimum atomic E-state index is -0.0979. The molecular formula is C69H87BN2O. The highest BCUT2D eigenvalue weighted by Crippen LogP contribution is 2.59. The van der Waals surface area contributed by atoms with Gasteiger partial charge in [-0.3, -0.25) is 0 Å². The molecule has 2 atom stereocenters. The van der Waals surface area contributed by atoms with Gasteiger partial charge in [0, 0.05) is 33.8 Å². The van der Waals surface area contributed by atoms with Gasteiger partial charge in [-0.2, -0.15) is 0 Å². The van der Waals surface area contributed by atoms with Gasteiger partial charge in [-0.1, -0.05) is 141 Å². The molecule has 0 amide bonds. The molecule has 73 heavy (non-hydrogen) atoms. The van der Waals surface area contributed by atoms with Crippen LogP contribution in [0.5, 0.6) is 0 Å². The molecule has 0 N–H and O–H groups in total. The van der Waals surface area contributed by atoms with Crippen LogP contribution in [0.4, 0.5) is 34.1 Å². The second-order valence-corrected chi connectivity index (χ2v) is 30.2. The third-order valence-corrected chi connectivity index (χ3v) is 20.5. The molecule has 3 nitrogen and oxygen atoms in total. The van der Waals surface area contributed by atoms with Crippen LogP contribution in [-0.4, -0.2) is 6.71 Å². The van der Waals surface area contributed by atoms with Gasteiger partial charge in [0.05, 0.1) is 11.3 Å². The van der Waals surface area contributed by atoms with E-state index in [0.29, 0.717) is 11.8 Å². The van der Waals surface area contributed by atoms with Crippen LogP contribution in [0, 0.1) is 31.6 Å². The summed E-state index contributed by atoms with van der Waals surface area (Å²) in [4.78, 5) is 5.52. The van der Waals surface area contributed by atoms with Gasteiger partial charge in [0.2, 0.25) is 0 Å². The van der Waals surface area contributed by atoms with E-state index in [4.69, 9.17) is 4.42 Å². The first-order valence-corrected chi connectivity index (χ1v) is 28.8. The largest absolute Gasteiger partial charge is 0.468 e. The van der Waals surface area contributed by atoms with Crippen molar-refractivity contribution in [3.05, 3.63) is 123 Å². The van der Waals surface area contributed by atoms with Crippen LogP contribution in [0.2, 0.25) is 0 Å². The van der Waals surface area contributed by atoms with Crippen LogP contribution in [0.1, 0.15) is 219 Å². The standard InChI is InChI=1S/C69H87BN2O/c1-40-27-44-28-41(2)38-69(37-40,39-44)47-32-57-60-58(33-47)72(55-35-51-49(30-43(55)4)65(11,12)23-25-67(51,15)16)61-48-34-50-52(68(17,18)26-24-66(50,13)14)36-59(48)73-62(61)70(60)53-21-19-46(64(8,9)10)31-56(53)71(57)54-22-20-45(29-42(54)3)63(5,6)7/h19-22,29-36,40-41,44H,23-28,37-39H2,1-18H3. The number of hydrogen-bond donors (Lipinski definition) is 0. The number of aryl methyl sites for hydroxylation is 2. The Labute approximate surface area is 441 Å². The SMILES string of the molecule is Cc1cc(C(C)(C)C)ccc1N1c2cc(C(C)(C)C)ccc2B2c3oc4cc5c(cc4c3N(c3cc4c(cc3C)C(C)(C)CCC4(C)C)c3cc(C46CC(C)CC(CC(C)C4)C6)cc1c32)C(C)(C)CCC5(C)C. The Balaban J connectivity index is 1.25. The first-order valence-electron chi connectivity index (χ1n) is 28.8. The number of nitrogens with zero attached hydrogens (tertiary/aromatic N) is 2. The smallest absolute Gasteiger partial charge is 0.297 e. The number of benzene rings is 5. The third-order valence-electron chi connectivity index (χ3n) is 20.5. The van der Waals surface area contributed by atoms with E-state index >= 15 is 0 Å². The predicted molar refractivity (Wildman–Crippen MR) is 314 cm³/mol. The summed E-state index contributed by atoms with van der Waals surface area (Å²) in [7, 11) is 0. The lowest BCUT2D eigenvalue weighted by Gasteiger charge is -2.52. The molecule has 1 aromatic heterocycles. The van der Waals surface area contributed by atoms with Crippen LogP contribution in [0.15, 0.2) is 77.2 Å². The molecular weight excluding hydrogens is 884 g/mol. The highest BCUT2D eigenvalue weighted by atomic mass is 16.3. The first-order chi connectivity index (χ1) is 34.0. The Kier molecular flexibility index (Phi) is 10.6. The maximum absolute atomic E-state index is 7.80. The summed E-state index contributed by atoms with van der Waals surface area (Å²) in [6.45, 7) is 43.8. The van der Waals surface area contributed by atoms with Gasteiger partial charge < -0.3 is 14.2 Å². The fourth-order valence-electron chi connectivity index (χ4n) is 16.2. The summed E-state index contributed by atoms with van der Waals surface area (Å²) in [6.07, 6.45) is 11.2. The van der Waals surface area contributed by atoms with Crippen molar-refractivity contribution in [2.45, 2.75) is 220 Å². The Hall–Kier alpha value is -4.70. The van der Waals surface area contributed by atoms with E-state index in [9.17, 15) is 0 Å². The van der Waals surface area contributed by atoms with E-state index in [1.165, 1.54) is 153 Å². The number of anilines is 6. The molecule has 2 aliphatic heterocycles. The molecule has 12 rings (SSSR count). The topological polar surface area (TPSA) is 19.6 Å². The zero-order chi connectivity index (χ0) is 52.1. The summed E-state index contributed by atoms with van der Waals surface area (Å²) in [5, 5.41) is 1.26. The van der Waals surface area contributed by atoms with Gasteiger partial charge in [0.15, 0.2) is 0 Å². The number of hydrogen-bond acceptors (Lipinski definition) is 3. The molecule has 2 fully saturated rings. The normalized spacial score (nSPS) is 25.2. The molecule has 4 aliphatic carbocycles. The minimum Gasteiger partial charge on any atom is -0.468 e. The zero-order valence-corrected chi connectivity index (χ0v) is 48.4. The van der Waals surface area contributed by atoms with Gasteiger partial charge in [0.25, 0.3) is 6.71 Å². The van der Waals surface area contributed by atoms with E-state index in [2.05, 4.69) is 207 Å². The lowest BCUT2D eigenvalue weighted by atomic mass is 9.35. The second-order valence-electron chi connectivity index (χ2n) is 30.2. The van der Waals surface area contributed by atoms with Crippen LogP contribution in [0.25, 0.3) is 11.0 Å². The third kappa shape index (κ3) is 7.45. The highest BCUT2D eigenvalue weighted by molar-refractivity contribution is 7.00. The lowest BCUT2D eigenvalue weighted by Crippen LogP contribution is -2.61. The van der Waals surface area contributed by atoms with Crippen LogP contribution in [0.3, 0.4) is 0 Å². The second kappa shape index (κ2) is 15.7. The Morgan fingerprint density at radius 2 is 1.03 bits per heavy atom. The average Bonchev–Trinajstić information content (AvgIpc) is 3.66. The molecule has 2 bridgehead atoms. The van der Waals surface area contributed by atoms with E-state index < -0.39 is 0 Å². The van der Waals surface area contributed by atoms with Gasteiger partial charge in [-0.25, -0.2) is 0 Å². The van der Waals surface area contributed by atoms with Crippen molar-refractivity contribution in [3.8, 4) is 0 Å². The molecule has 2 saturated carbocycles. The van der Waals surface area contributed by atoms with E-state index in [1.807, 2.05) is 0 Å². The zero-order valence-electron chi connectivity index (χ0n) is 48.4. The molecule has 0 saturated heterocycles. The monoisotopic (exact) mass is 971 g/mol. The Bertz CT molecular complexity index is 3270. The predicted octanol–water partition coefficient (Wildman–Crippen LogP) is 17.5. The van der Waals surface area contributed by atoms with Crippen LogP contribution >= 0.6 is 0 Å². The van der Waals surface area contributed by atoms with Crippen molar-refractivity contribution in [3.63, 3.8) is 0 Å². The molecule has 6 aromatic rings. The maximum atomic E-state index is 7.80. The first kappa shape index (κ1) is 49.2. The number of fused-ring (bicyclic) bond motifs is 10. The van der Waals surface area contributed by atoms with Crippen LogP contribution < -0.4 is 26.4 Å². The fourth-order valence-corrected chi connectivity index (χ4v) is 16.2. The van der Waals surface area contributed by atoms with Crippen molar-refractivity contribution in [1.82, 2.24) is 0 Å². The maximum Gasteiger partial charge on any atom is 0.297 e. The van der Waals surface area contributed by atoms with Crippen molar-refractivity contribution in [2.75, 3.05) is 9.80 Å². The summed E-state index contributed by atoms with van der Waals surface area (Å²) in [5.41, 5.74) is 25.9. The summed E-state index contributed by atoms with van der Waals surface area (Å²) >= 11 is 0. The molecule has 382 valence electrons.